The SMILES string of the molecule is CS(=O)(=O)N1CCC(n2cc(Cl)cn2)CC1. The molecule has 90 valence electrons. The Morgan fingerprint density at radius 2 is 2.06 bits per heavy atom. The van der Waals surface area contributed by atoms with Gasteiger partial charge in [0, 0.05) is 19.3 Å². The van der Waals surface area contributed by atoms with Crippen molar-refractivity contribution in [2.75, 3.05) is 19.3 Å². The first-order chi connectivity index (χ1) is 7.47. The molecule has 1 aromatic heterocycles. The summed E-state index contributed by atoms with van der Waals surface area (Å²) in [6.07, 6.45) is 6.20. The van der Waals surface area contributed by atoms with E-state index in [0.717, 1.165) is 12.8 Å². The molecule has 0 saturated carbocycles. The van der Waals surface area contributed by atoms with Crippen molar-refractivity contribution < 1.29 is 8.42 Å². The number of halogens is 1. The molecule has 0 amide bonds. The summed E-state index contributed by atoms with van der Waals surface area (Å²) < 4.78 is 26.0. The number of rotatable bonds is 2. The smallest absolute Gasteiger partial charge is 0.211 e. The van der Waals surface area contributed by atoms with Gasteiger partial charge in [0.05, 0.1) is 23.5 Å². The van der Waals surface area contributed by atoms with E-state index in [0.29, 0.717) is 18.1 Å². The topological polar surface area (TPSA) is 55.2 Å². The summed E-state index contributed by atoms with van der Waals surface area (Å²) in [5.41, 5.74) is 0. The van der Waals surface area contributed by atoms with Crippen LogP contribution in [0.25, 0.3) is 0 Å². The first-order valence-electron chi connectivity index (χ1n) is 5.11. The molecule has 5 nitrogen and oxygen atoms in total. The summed E-state index contributed by atoms with van der Waals surface area (Å²) in [5.74, 6) is 0. The lowest BCUT2D eigenvalue weighted by Crippen LogP contribution is -2.38. The van der Waals surface area contributed by atoms with Gasteiger partial charge in [-0.15, -0.1) is 0 Å². The summed E-state index contributed by atoms with van der Waals surface area (Å²) in [6, 6.07) is 0.255. The van der Waals surface area contributed by atoms with Crippen molar-refractivity contribution >= 4 is 21.6 Å². The Morgan fingerprint density at radius 1 is 1.44 bits per heavy atom. The second-order valence-electron chi connectivity index (χ2n) is 4.03. The molecule has 1 aromatic rings. The van der Waals surface area contributed by atoms with E-state index in [2.05, 4.69) is 5.10 Å². The first kappa shape index (κ1) is 11.9. The van der Waals surface area contributed by atoms with Gasteiger partial charge < -0.3 is 0 Å². The van der Waals surface area contributed by atoms with Gasteiger partial charge in [-0.25, -0.2) is 12.7 Å². The molecule has 0 unspecified atom stereocenters. The zero-order valence-corrected chi connectivity index (χ0v) is 10.6. The number of aromatic nitrogens is 2. The second-order valence-corrected chi connectivity index (χ2v) is 6.45. The Labute approximate surface area is 100 Å². The highest BCUT2D eigenvalue weighted by atomic mass is 35.5. The van der Waals surface area contributed by atoms with Crippen molar-refractivity contribution in [1.29, 1.82) is 0 Å². The van der Waals surface area contributed by atoms with Crippen molar-refractivity contribution in [3.05, 3.63) is 17.4 Å². The standard InChI is InChI=1S/C9H14ClN3O2S/c1-16(14,15)12-4-2-9(3-5-12)13-7-8(10)6-11-13/h6-7,9H,2-5H2,1H3. The molecule has 0 aliphatic carbocycles. The van der Waals surface area contributed by atoms with Gasteiger partial charge in [-0.1, -0.05) is 11.6 Å². The van der Waals surface area contributed by atoms with E-state index in [1.54, 1.807) is 12.4 Å². The molecule has 2 rings (SSSR count). The highest BCUT2D eigenvalue weighted by Crippen LogP contribution is 2.24. The molecule has 0 N–H and O–H groups in total. The molecule has 2 heterocycles. The molecule has 0 radical (unpaired) electrons. The minimum Gasteiger partial charge on any atom is -0.268 e. The lowest BCUT2D eigenvalue weighted by molar-refractivity contribution is 0.262. The quantitative estimate of drug-likeness (QED) is 0.804. The molecule has 16 heavy (non-hydrogen) atoms. The van der Waals surface area contributed by atoms with Crippen LogP contribution in [0.15, 0.2) is 12.4 Å². The van der Waals surface area contributed by atoms with E-state index in [4.69, 9.17) is 11.6 Å². The third kappa shape index (κ3) is 2.56. The minimum absolute atomic E-state index is 0.255. The molecule has 1 aliphatic heterocycles. The third-order valence-corrected chi connectivity index (χ3v) is 4.33. The van der Waals surface area contributed by atoms with E-state index in [-0.39, 0.29) is 6.04 Å². The van der Waals surface area contributed by atoms with Crippen molar-refractivity contribution in [3.8, 4) is 0 Å². The maximum absolute atomic E-state index is 11.3. The Balaban J connectivity index is 2.00. The molecule has 1 aliphatic rings. The van der Waals surface area contributed by atoms with Crippen LogP contribution < -0.4 is 0 Å². The predicted octanol–water partition coefficient (Wildman–Crippen LogP) is 1.13. The lowest BCUT2D eigenvalue weighted by Gasteiger charge is -2.30. The van der Waals surface area contributed by atoms with E-state index in [1.807, 2.05) is 4.68 Å². The zero-order valence-electron chi connectivity index (χ0n) is 9.00. The van der Waals surface area contributed by atoms with Crippen molar-refractivity contribution in [2.45, 2.75) is 18.9 Å². The molecule has 7 heteroatoms. The summed E-state index contributed by atoms with van der Waals surface area (Å²) in [6.45, 7) is 1.11. The van der Waals surface area contributed by atoms with Crippen molar-refractivity contribution in [1.82, 2.24) is 14.1 Å². The Morgan fingerprint density at radius 3 is 2.50 bits per heavy atom. The normalized spacial score (nSPS) is 20.1. The fourth-order valence-corrected chi connectivity index (χ4v) is 2.97. The Hall–Kier alpha value is -0.590. The fourth-order valence-electron chi connectivity index (χ4n) is 1.95. The van der Waals surface area contributed by atoms with E-state index in [1.165, 1.54) is 10.6 Å². The van der Waals surface area contributed by atoms with Crippen LogP contribution in [0, 0.1) is 0 Å². The molecule has 0 bridgehead atoms. The summed E-state index contributed by atoms with van der Waals surface area (Å²) >= 11 is 5.79. The average molecular weight is 264 g/mol. The van der Waals surface area contributed by atoms with E-state index >= 15 is 0 Å². The average Bonchev–Trinajstić information content (AvgIpc) is 2.64. The van der Waals surface area contributed by atoms with Gasteiger partial charge in [0.25, 0.3) is 0 Å². The maximum Gasteiger partial charge on any atom is 0.211 e. The van der Waals surface area contributed by atoms with Gasteiger partial charge in [0.1, 0.15) is 0 Å². The molecular formula is C9H14ClN3O2S. The molecular weight excluding hydrogens is 250 g/mol. The Kier molecular flexibility index (Phi) is 3.23. The highest BCUT2D eigenvalue weighted by Gasteiger charge is 2.25. The van der Waals surface area contributed by atoms with Gasteiger partial charge in [-0.2, -0.15) is 5.10 Å². The van der Waals surface area contributed by atoms with Gasteiger partial charge >= 0.3 is 0 Å². The molecule has 1 saturated heterocycles. The van der Waals surface area contributed by atoms with Crippen molar-refractivity contribution in [3.63, 3.8) is 0 Å². The van der Waals surface area contributed by atoms with Gasteiger partial charge in [-0.05, 0) is 12.8 Å². The van der Waals surface area contributed by atoms with Crippen LogP contribution in [0.2, 0.25) is 5.02 Å². The number of sulfonamides is 1. The summed E-state index contributed by atoms with van der Waals surface area (Å²) in [4.78, 5) is 0. The molecule has 0 spiro atoms. The minimum atomic E-state index is -3.05. The van der Waals surface area contributed by atoms with Crippen LogP contribution >= 0.6 is 11.6 Å². The third-order valence-electron chi connectivity index (χ3n) is 2.84. The molecule has 0 aromatic carbocycles. The summed E-state index contributed by atoms with van der Waals surface area (Å²) in [5, 5.41) is 4.76. The van der Waals surface area contributed by atoms with Crippen LogP contribution in [0.4, 0.5) is 0 Å². The van der Waals surface area contributed by atoms with Gasteiger partial charge in [0.2, 0.25) is 10.0 Å². The predicted molar refractivity (Wildman–Crippen MR) is 61.9 cm³/mol. The maximum atomic E-state index is 11.3. The van der Waals surface area contributed by atoms with Crippen LogP contribution in [0.1, 0.15) is 18.9 Å². The van der Waals surface area contributed by atoms with Gasteiger partial charge in [-0.3, -0.25) is 4.68 Å². The number of nitrogens with zero attached hydrogens (tertiary/aromatic N) is 3. The number of piperidine rings is 1. The largest absolute Gasteiger partial charge is 0.268 e. The highest BCUT2D eigenvalue weighted by molar-refractivity contribution is 7.88. The molecule has 0 atom stereocenters. The van der Waals surface area contributed by atoms with E-state index in [9.17, 15) is 8.42 Å². The monoisotopic (exact) mass is 263 g/mol. The second kappa shape index (κ2) is 4.35. The van der Waals surface area contributed by atoms with Crippen LogP contribution in [0.3, 0.4) is 0 Å². The van der Waals surface area contributed by atoms with E-state index < -0.39 is 10.0 Å². The van der Waals surface area contributed by atoms with Crippen LogP contribution in [-0.2, 0) is 10.0 Å². The number of hydrogen-bond donors (Lipinski definition) is 0. The number of hydrogen-bond acceptors (Lipinski definition) is 3. The lowest BCUT2D eigenvalue weighted by atomic mass is 10.1. The van der Waals surface area contributed by atoms with Crippen molar-refractivity contribution in [2.24, 2.45) is 0 Å². The first-order valence-corrected chi connectivity index (χ1v) is 7.34. The van der Waals surface area contributed by atoms with Gasteiger partial charge in [0.15, 0.2) is 0 Å². The fraction of sp³-hybridized carbons (Fsp3) is 0.667. The van der Waals surface area contributed by atoms with Crippen LogP contribution in [-0.4, -0.2) is 41.8 Å². The summed E-state index contributed by atoms with van der Waals surface area (Å²) in [7, 11) is -3.05. The zero-order chi connectivity index (χ0) is 11.8. The Bertz CT molecular complexity index is 463. The van der Waals surface area contributed by atoms with Crippen LogP contribution in [0.5, 0.6) is 0 Å². The molecule has 1 fully saturated rings.